The van der Waals surface area contributed by atoms with E-state index in [1.807, 2.05) is 78.5 Å². The summed E-state index contributed by atoms with van der Waals surface area (Å²) >= 11 is 6.10. The molecular weight excluding hydrogens is 398 g/mol. The summed E-state index contributed by atoms with van der Waals surface area (Å²) in [6.07, 6.45) is 4.86. The van der Waals surface area contributed by atoms with Crippen molar-refractivity contribution in [2.45, 2.75) is 19.8 Å². The summed E-state index contributed by atoms with van der Waals surface area (Å²) in [7, 11) is 0. The summed E-state index contributed by atoms with van der Waals surface area (Å²) in [5.74, 6) is -0.136. The normalized spacial score (nSPS) is 10.9. The molecule has 0 saturated carbocycles. The molecule has 0 saturated heterocycles. The quantitative estimate of drug-likeness (QED) is 0.487. The largest absolute Gasteiger partial charge is 0.352 e. The van der Waals surface area contributed by atoms with E-state index < -0.39 is 0 Å². The van der Waals surface area contributed by atoms with Crippen LogP contribution in [0, 0.1) is 0 Å². The van der Waals surface area contributed by atoms with Gasteiger partial charge in [0.2, 0.25) is 0 Å². The molecule has 0 aliphatic rings. The Morgan fingerprint density at radius 1 is 1.07 bits per heavy atom. The third-order valence-electron chi connectivity index (χ3n) is 4.83. The highest BCUT2D eigenvalue weighted by atomic mass is 35.5. The van der Waals surface area contributed by atoms with Gasteiger partial charge in [-0.1, -0.05) is 42.8 Å². The Morgan fingerprint density at radius 3 is 2.63 bits per heavy atom. The van der Waals surface area contributed by atoms with Crippen LogP contribution < -0.4 is 5.32 Å². The predicted octanol–water partition coefficient (Wildman–Crippen LogP) is 4.25. The number of rotatable bonds is 7. The number of carbonyl (C=O) groups is 1. The summed E-state index contributed by atoms with van der Waals surface area (Å²) in [5, 5.41) is 12.6. The number of amides is 1. The van der Waals surface area contributed by atoms with E-state index in [4.69, 9.17) is 11.6 Å². The van der Waals surface area contributed by atoms with Gasteiger partial charge in [-0.2, -0.15) is 10.2 Å². The van der Waals surface area contributed by atoms with Gasteiger partial charge in [-0.05, 0) is 42.8 Å². The number of para-hydroxylation sites is 1. The van der Waals surface area contributed by atoms with Gasteiger partial charge >= 0.3 is 0 Å². The lowest BCUT2D eigenvalue weighted by Gasteiger charge is -2.09. The first-order chi connectivity index (χ1) is 14.7. The van der Waals surface area contributed by atoms with Crippen molar-refractivity contribution in [3.05, 3.63) is 95.0 Å². The first kappa shape index (κ1) is 19.9. The zero-order valence-electron chi connectivity index (χ0n) is 16.6. The minimum atomic E-state index is -0.136. The summed E-state index contributed by atoms with van der Waals surface area (Å²) in [5.41, 5.74) is 4.19. The highest BCUT2D eigenvalue weighted by Crippen LogP contribution is 2.19. The molecule has 0 atom stereocenters. The van der Waals surface area contributed by atoms with Crippen LogP contribution in [0.25, 0.3) is 11.4 Å². The van der Waals surface area contributed by atoms with Crippen molar-refractivity contribution in [3.8, 4) is 11.4 Å². The van der Waals surface area contributed by atoms with Crippen molar-refractivity contribution in [1.82, 2.24) is 24.9 Å². The van der Waals surface area contributed by atoms with Crippen LogP contribution in [0.15, 0.2) is 73.1 Å². The third kappa shape index (κ3) is 4.28. The monoisotopic (exact) mass is 419 g/mol. The molecule has 2 aromatic heterocycles. The van der Waals surface area contributed by atoms with Crippen LogP contribution in [0.5, 0.6) is 0 Å². The zero-order valence-corrected chi connectivity index (χ0v) is 17.4. The van der Waals surface area contributed by atoms with Crippen molar-refractivity contribution in [2.75, 3.05) is 6.54 Å². The maximum Gasteiger partial charge on any atom is 0.254 e. The Labute approximate surface area is 180 Å². The maximum atomic E-state index is 12.7. The van der Waals surface area contributed by atoms with Crippen LogP contribution >= 0.6 is 11.6 Å². The standard InChI is InChI=1S/C23H22ClN5O/c1-2-22-21(16-26-29(22)20-10-6-7-17(24)15-20)23(30)25-13-11-18-12-14-28(27-18)19-8-4-3-5-9-19/h3-10,12,14-16H,2,11,13H2,1H3,(H,25,30). The summed E-state index contributed by atoms with van der Waals surface area (Å²) in [4.78, 5) is 12.7. The zero-order chi connectivity index (χ0) is 20.9. The van der Waals surface area contributed by atoms with E-state index in [1.54, 1.807) is 10.9 Å². The Bertz CT molecular complexity index is 1150. The SMILES string of the molecule is CCc1c(C(=O)NCCc2ccn(-c3ccccc3)n2)cnn1-c1cccc(Cl)c1. The van der Waals surface area contributed by atoms with Crippen molar-refractivity contribution in [1.29, 1.82) is 0 Å². The molecular formula is C23H22ClN5O. The van der Waals surface area contributed by atoms with Gasteiger partial charge in [0.1, 0.15) is 0 Å². The Morgan fingerprint density at radius 2 is 1.87 bits per heavy atom. The summed E-state index contributed by atoms with van der Waals surface area (Å²) in [6, 6.07) is 19.3. The number of aromatic nitrogens is 4. The fourth-order valence-electron chi connectivity index (χ4n) is 3.35. The average molecular weight is 420 g/mol. The minimum absolute atomic E-state index is 0.136. The molecule has 6 nitrogen and oxygen atoms in total. The van der Waals surface area contributed by atoms with E-state index in [2.05, 4.69) is 15.5 Å². The number of carbonyl (C=O) groups excluding carboxylic acids is 1. The highest BCUT2D eigenvalue weighted by Gasteiger charge is 2.17. The van der Waals surface area contributed by atoms with E-state index in [1.165, 1.54) is 0 Å². The van der Waals surface area contributed by atoms with Gasteiger partial charge in [-0.3, -0.25) is 4.79 Å². The van der Waals surface area contributed by atoms with Gasteiger partial charge in [0.25, 0.3) is 5.91 Å². The molecule has 1 amide bonds. The molecule has 30 heavy (non-hydrogen) atoms. The smallest absolute Gasteiger partial charge is 0.254 e. The molecule has 2 aromatic carbocycles. The van der Waals surface area contributed by atoms with Crippen molar-refractivity contribution in [3.63, 3.8) is 0 Å². The number of benzene rings is 2. The van der Waals surface area contributed by atoms with Crippen LogP contribution in [0.4, 0.5) is 0 Å². The Kier molecular flexibility index (Phi) is 5.95. The second kappa shape index (κ2) is 8.97. The third-order valence-corrected chi connectivity index (χ3v) is 5.07. The van der Waals surface area contributed by atoms with Crippen LogP contribution in [0.2, 0.25) is 5.02 Å². The van der Waals surface area contributed by atoms with Crippen LogP contribution in [0.3, 0.4) is 0 Å². The van der Waals surface area contributed by atoms with Gasteiger partial charge in [0.05, 0.1) is 34.5 Å². The second-order valence-electron chi connectivity index (χ2n) is 6.84. The molecule has 2 heterocycles. The van der Waals surface area contributed by atoms with Crippen molar-refractivity contribution >= 4 is 17.5 Å². The van der Waals surface area contributed by atoms with Gasteiger partial charge in [0, 0.05) is 24.2 Å². The van der Waals surface area contributed by atoms with Gasteiger partial charge in [-0.25, -0.2) is 9.36 Å². The Hall–Kier alpha value is -3.38. The molecule has 152 valence electrons. The molecule has 0 bridgehead atoms. The molecule has 0 spiro atoms. The lowest BCUT2D eigenvalue weighted by atomic mass is 10.2. The molecule has 7 heteroatoms. The van der Waals surface area contributed by atoms with Crippen LogP contribution in [-0.2, 0) is 12.8 Å². The molecule has 0 aliphatic heterocycles. The summed E-state index contributed by atoms with van der Waals surface area (Å²) in [6.45, 7) is 2.50. The van der Waals surface area contributed by atoms with Gasteiger partial charge in [0.15, 0.2) is 0 Å². The van der Waals surface area contributed by atoms with E-state index in [0.29, 0.717) is 30.0 Å². The molecule has 0 aliphatic carbocycles. The molecule has 0 unspecified atom stereocenters. The van der Waals surface area contributed by atoms with E-state index in [9.17, 15) is 4.79 Å². The molecule has 0 fully saturated rings. The maximum absolute atomic E-state index is 12.7. The number of nitrogens with zero attached hydrogens (tertiary/aromatic N) is 4. The minimum Gasteiger partial charge on any atom is -0.352 e. The van der Waals surface area contributed by atoms with Crippen molar-refractivity contribution < 1.29 is 4.79 Å². The highest BCUT2D eigenvalue weighted by molar-refractivity contribution is 6.30. The van der Waals surface area contributed by atoms with Crippen molar-refractivity contribution in [2.24, 2.45) is 0 Å². The first-order valence-electron chi connectivity index (χ1n) is 9.86. The van der Waals surface area contributed by atoms with Crippen LogP contribution in [-0.4, -0.2) is 32.0 Å². The second-order valence-corrected chi connectivity index (χ2v) is 7.28. The lowest BCUT2D eigenvalue weighted by molar-refractivity contribution is 0.0953. The van der Waals surface area contributed by atoms with Gasteiger partial charge < -0.3 is 5.32 Å². The number of nitrogens with one attached hydrogen (secondary N) is 1. The number of hydrogen-bond donors (Lipinski definition) is 1. The summed E-state index contributed by atoms with van der Waals surface area (Å²) < 4.78 is 3.60. The predicted molar refractivity (Wildman–Crippen MR) is 118 cm³/mol. The molecule has 4 rings (SSSR count). The molecule has 4 aromatic rings. The first-order valence-corrected chi connectivity index (χ1v) is 10.2. The molecule has 1 N–H and O–H groups in total. The average Bonchev–Trinajstić information content (AvgIpc) is 3.41. The number of hydrogen-bond acceptors (Lipinski definition) is 3. The fraction of sp³-hybridized carbons (Fsp3) is 0.174. The fourth-order valence-corrected chi connectivity index (χ4v) is 3.54. The number of halogens is 1. The Balaban J connectivity index is 1.41. The van der Waals surface area contributed by atoms with Gasteiger partial charge in [-0.15, -0.1) is 0 Å². The lowest BCUT2D eigenvalue weighted by Crippen LogP contribution is -2.26. The van der Waals surface area contributed by atoms with E-state index >= 15 is 0 Å². The molecule has 0 radical (unpaired) electrons. The van der Waals surface area contributed by atoms with Crippen LogP contribution in [0.1, 0.15) is 28.7 Å². The topological polar surface area (TPSA) is 64.7 Å². The van der Waals surface area contributed by atoms with E-state index in [-0.39, 0.29) is 5.91 Å². The van der Waals surface area contributed by atoms with E-state index in [0.717, 1.165) is 22.8 Å².